The van der Waals surface area contributed by atoms with E-state index in [4.69, 9.17) is 0 Å². The van der Waals surface area contributed by atoms with E-state index in [1.165, 1.54) is 16.8 Å². The Balaban J connectivity index is 0.00000420. The zero-order valence-electron chi connectivity index (χ0n) is 21.2. The number of benzene rings is 1. The number of anilines is 1. The summed E-state index contributed by atoms with van der Waals surface area (Å²) in [5.74, 6) is 0. The maximum absolute atomic E-state index is 4.38. The van der Waals surface area contributed by atoms with Gasteiger partial charge in [-0.1, -0.05) is 0 Å². The van der Waals surface area contributed by atoms with Gasteiger partial charge in [0.2, 0.25) is 0 Å². The Morgan fingerprint density at radius 2 is 1.40 bits per heavy atom. The van der Waals surface area contributed by atoms with E-state index in [0.717, 1.165) is 6.42 Å². The van der Waals surface area contributed by atoms with Gasteiger partial charge < -0.3 is 0 Å². The molecule has 0 unspecified atom stereocenters. The van der Waals surface area contributed by atoms with Crippen molar-refractivity contribution in [2.75, 3.05) is 3.26 Å². The van der Waals surface area contributed by atoms with Gasteiger partial charge in [-0.3, -0.25) is 0 Å². The van der Waals surface area contributed by atoms with Gasteiger partial charge >= 0.3 is 175 Å². The molecule has 30 heavy (non-hydrogen) atoms. The predicted molar refractivity (Wildman–Crippen MR) is 144 cm³/mol. The second-order valence-corrected chi connectivity index (χ2v) is 51.9. The fourth-order valence-corrected chi connectivity index (χ4v) is 17.4. The van der Waals surface area contributed by atoms with Crippen LogP contribution in [0.4, 0.5) is 5.69 Å². The Hall–Kier alpha value is 0.180. The summed E-state index contributed by atoms with van der Waals surface area (Å²) in [5, 5.41) is 0. The minimum Gasteiger partial charge on any atom is -0.147 e. The normalized spacial score (nSPS) is 17.2. The van der Waals surface area contributed by atoms with Crippen molar-refractivity contribution >= 4 is 37.4 Å². The van der Waals surface area contributed by atoms with Crippen molar-refractivity contribution in [3.63, 3.8) is 0 Å². The first kappa shape index (κ1) is 30.2. The minimum absolute atomic E-state index is 0. The summed E-state index contributed by atoms with van der Waals surface area (Å²) in [6.45, 7) is 23.6. The average Bonchev–Trinajstić information content (AvgIpc) is 2.98. The van der Waals surface area contributed by atoms with E-state index in [0.29, 0.717) is 0 Å². The summed E-state index contributed by atoms with van der Waals surface area (Å²) < 4.78 is 11.5. The largest absolute Gasteiger partial charge is 0.147 e. The Kier molecular flexibility index (Phi) is 8.24. The number of hydrogen-bond acceptors (Lipinski definition) is 1. The van der Waals surface area contributed by atoms with Gasteiger partial charge in [-0.25, -0.2) is 0 Å². The molecule has 0 bridgehead atoms. The van der Waals surface area contributed by atoms with Crippen LogP contribution in [0.3, 0.4) is 0 Å². The predicted octanol–water partition coefficient (Wildman–Crippen LogP) is 8.38. The number of rotatable bonds is 3. The number of nitrogens with one attached hydrogen (secondary N) is 1. The van der Waals surface area contributed by atoms with Crippen LogP contribution in [0.25, 0.3) is 0 Å². The molecule has 2 rings (SSSR count). The van der Waals surface area contributed by atoms with E-state index in [1.807, 2.05) is 0 Å². The molecule has 5 heteroatoms. The smallest absolute Gasteiger partial charge is 0.147 e. The summed E-state index contributed by atoms with van der Waals surface area (Å²) in [5.41, 5.74) is 4.40. The van der Waals surface area contributed by atoms with E-state index >= 15 is 0 Å². The van der Waals surface area contributed by atoms with Gasteiger partial charge in [0.1, 0.15) is 0 Å². The van der Waals surface area contributed by atoms with Gasteiger partial charge in [0.15, 0.2) is 0 Å². The zero-order chi connectivity index (χ0) is 21.9. The van der Waals surface area contributed by atoms with E-state index in [2.05, 4.69) is 118 Å². The Bertz CT molecular complexity index is 945. The maximum Gasteiger partial charge on any atom is -0.147 e. The summed E-state index contributed by atoms with van der Waals surface area (Å²) in [6, 6.07) is 7.15. The van der Waals surface area contributed by atoms with Crippen LogP contribution < -0.4 is 3.26 Å². The second kappa shape index (κ2) is 8.19. The second-order valence-electron chi connectivity index (χ2n) is 13.6. The van der Waals surface area contributed by atoms with Gasteiger partial charge in [0.05, 0.1) is 0 Å². The quantitative estimate of drug-likeness (QED) is 0.373. The first-order chi connectivity index (χ1) is 12.2. The van der Waals surface area contributed by atoms with Crippen molar-refractivity contribution in [2.45, 2.75) is 92.0 Å². The molecule has 0 amide bonds. The SMILES string of the molecule is CC(C)(C)c1ccc(C(C)(C)C)c([NH][Zr]([CH3])([CH3])(=[SiH2])([C]2=CC=CC2)[C](C)(C)C)c1.Cl.Cl. The molecule has 0 saturated heterocycles. The molecule has 0 aliphatic heterocycles. The molecule has 1 aromatic carbocycles. The third kappa shape index (κ3) is 5.05. The van der Waals surface area contributed by atoms with Gasteiger partial charge in [-0.15, -0.1) is 24.8 Å². The fraction of sp³-hybridized carbons (Fsp3) is 0.600. The first-order valence-electron chi connectivity index (χ1n) is 10.8. The summed E-state index contributed by atoms with van der Waals surface area (Å²) >= 11 is -4.10. The molecular weight excluding hydrogens is 504 g/mol. The molecule has 1 aliphatic carbocycles. The van der Waals surface area contributed by atoms with Crippen molar-refractivity contribution in [3.05, 3.63) is 50.8 Å². The van der Waals surface area contributed by atoms with E-state index in [9.17, 15) is 0 Å². The maximum atomic E-state index is 4.38. The number of allylic oxidation sites excluding steroid dienone is 4. The van der Waals surface area contributed by atoms with Crippen molar-refractivity contribution < 1.29 is 16.2 Å². The number of hydrogen-bond donors (Lipinski definition) is 1. The van der Waals surface area contributed by atoms with Crippen LogP contribution in [-0.2, 0) is 27.0 Å². The summed E-state index contributed by atoms with van der Waals surface area (Å²) in [4.78, 5) is 0. The standard InChI is InChI=1S/C14H22N.C5H5.C4H9.2CH3.2ClH.H2Si.Zr/c1-13(2,3)10-7-8-11(12(15)9-10)14(4,5)6;1-2-4-5-3-1;1-4(2)3;;;;;;/h7-9,15H,1-6H3;1-3H,4H2;1-3H3;2*1H3;2*1H;1H2;/q-1;;;;;;;;+1. The van der Waals surface area contributed by atoms with Crippen LogP contribution in [0.1, 0.15) is 79.9 Å². The summed E-state index contributed by atoms with van der Waals surface area (Å²) in [7, 11) is 0. The third-order valence-electron chi connectivity index (χ3n) is 8.03. The van der Waals surface area contributed by atoms with Crippen LogP contribution in [0, 0.1) is 0 Å². The van der Waals surface area contributed by atoms with Crippen LogP contribution >= 0.6 is 24.8 Å². The Morgan fingerprint density at radius 1 is 0.867 bits per heavy atom. The van der Waals surface area contributed by atoms with Crippen LogP contribution in [-0.4, -0.2) is 6.88 Å². The fourth-order valence-electron chi connectivity index (χ4n) is 4.15. The molecule has 1 N–H and O–H groups in total. The molecular formula is C25H46Cl2NSiZr. The van der Waals surface area contributed by atoms with Crippen LogP contribution in [0.2, 0.25) is 12.4 Å². The number of halogens is 2. The molecule has 1 nitrogen and oxygen atoms in total. The van der Waals surface area contributed by atoms with Gasteiger partial charge in [0, 0.05) is 0 Å². The van der Waals surface area contributed by atoms with Crippen LogP contribution in [0.5, 0.6) is 0 Å². The van der Waals surface area contributed by atoms with E-state index in [1.54, 1.807) is 3.28 Å². The molecule has 1 aliphatic rings. The molecule has 173 valence electrons. The van der Waals surface area contributed by atoms with E-state index < -0.39 is 16.2 Å². The average molecular weight is 551 g/mol. The first-order valence-corrected chi connectivity index (χ1v) is 25.3. The molecule has 0 saturated carbocycles. The van der Waals surface area contributed by atoms with Gasteiger partial charge in [-0.2, -0.15) is 0 Å². The summed E-state index contributed by atoms with van der Waals surface area (Å²) in [6.07, 6.45) is 8.08. The Labute approximate surface area is 198 Å². The van der Waals surface area contributed by atoms with Crippen molar-refractivity contribution in [1.29, 1.82) is 0 Å². The molecule has 0 radical (unpaired) electrons. The molecule has 0 atom stereocenters. The molecule has 1 aromatic rings. The molecule has 0 spiro atoms. The zero-order valence-corrected chi connectivity index (χ0v) is 26.7. The van der Waals surface area contributed by atoms with Crippen molar-refractivity contribution in [3.8, 4) is 0 Å². The van der Waals surface area contributed by atoms with Gasteiger partial charge in [0.25, 0.3) is 0 Å². The van der Waals surface area contributed by atoms with Crippen LogP contribution in [0.15, 0.2) is 39.7 Å². The van der Waals surface area contributed by atoms with Crippen molar-refractivity contribution in [2.24, 2.45) is 0 Å². The third-order valence-corrected chi connectivity index (χ3v) is 41.4. The van der Waals surface area contributed by atoms with Gasteiger partial charge in [-0.05, 0) is 0 Å². The minimum atomic E-state index is -4.10. The molecule has 0 heterocycles. The molecule has 0 fully saturated rings. The molecule has 0 aromatic heterocycles. The topological polar surface area (TPSA) is 12.0 Å². The Morgan fingerprint density at radius 3 is 1.77 bits per heavy atom. The monoisotopic (exact) mass is 548 g/mol. The van der Waals surface area contributed by atoms with Crippen molar-refractivity contribution in [1.82, 2.24) is 0 Å². The van der Waals surface area contributed by atoms with E-state index in [-0.39, 0.29) is 38.8 Å².